The van der Waals surface area contributed by atoms with Crippen LogP contribution in [0.1, 0.15) is 130 Å². The molecule has 2 aromatic carbocycles. The number of alkyl carbamates (subject to hydrolysis) is 2. The number of amides is 4. The van der Waals surface area contributed by atoms with Crippen LogP contribution in [0.25, 0.3) is 44.7 Å². The second-order valence-corrected chi connectivity index (χ2v) is 22.0. The Morgan fingerprint density at radius 2 is 1.42 bits per heavy atom. The molecule has 6 aromatic rings. The van der Waals surface area contributed by atoms with Gasteiger partial charge in [-0.05, 0) is 120 Å². The van der Waals surface area contributed by atoms with Gasteiger partial charge < -0.3 is 49.3 Å². The second kappa shape index (κ2) is 19.6. The lowest BCUT2D eigenvalue weighted by atomic mass is 9.85. The van der Waals surface area contributed by atoms with E-state index in [0.29, 0.717) is 43.5 Å². The number of imidazole rings is 2. The molecule has 4 amide bonds. The van der Waals surface area contributed by atoms with Gasteiger partial charge in [-0.3, -0.25) is 14.2 Å². The third-order valence-corrected chi connectivity index (χ3v) is 16.6. The summed E-state index contributed by atoms with van der Waals surface area (Å²) in [6.07, 6.45) is 10.6. The van der Waals surface area contributed by atoms with Gasteiger partial charge in [-0.1, -0.05) is 19.9 Å². The predicted octanol–water partition coefficient (Wildman–Crippen LogP) is 9.31. The Morgan fingerprint density at radius 1 is 0.781 bits per heavy atom. The first kappa shape index (κ1) is 48.5. The fourth-order valence-electron chi connectivity index (χ4n) is 11.8. The van der Waals surface area contributed by atoms with E-state index in [0.717, 1.165) is 104 Å². The minimum atomic E-state index is -0.745. The Kier molecular flexibility index (Phi) is 13.0. The van der Waals surface area contributed by atoms with Crippen LogP contribution in [0.4, 0.5) is 9.59 Å². The van der Waals surface area contributed by atoms with Crippen molar-refractivity contribution in [3.8, 4) is 39.5 Å². The maximum Gasteiger partial charge on any atom is 0.407 e. The van der Waals surface area contributed by atoms with Gasteiger partial charge in [0.1, 0.15) is 29.5 Å². The lowest BCUT2D eigenvalue weighted by Crippen LogP contribution is -2.54. The van der Waals surface area contributed by atoms with Crippen LogP contribution in [-0.4, -0.2) is 115 Å². The van der Waals surface area contributed by atoms with Crippen LogP contribution < -0.4 is 15.4 Å². The van der Waals surface area contributed by atoms with Gasteiger partial charge in [0.25, 0.3) is 0 Å². The number of carbonyl (C=O) groups excluding carboxylic acids is 4. The first-order valence-electron chi connectivity index (χ1n) is 25.7. The largest absolute Gasteiger partial charge is 0.464 e. The molecular formula is C54H64N10O8S. The number of fused-ring (bicyclic) bond motifs is 5. The number of hydrogen-bond donors (Lipinski definition) is 4. The number of likely N-dealkylation sites (tertiary alicyclic amines) is 2. The molecule has 18 nitrogen and oxygen atoms in total. The van der Waals surface area contributed by atoms with Crippen molar-refractivity contribution in [1.82, 2.24) is 49.9 Å². The summed E-state index contributed by atoms with van der Waals surface area (Å²) >= 11 is 1.71. The molecule has 4 aromatic heterocycles. The summed E-state index contributed by atoms with van der Waals surface area (Å²) < 4.78 is 25.2. The Hall–Kier alpha value is -6.73. The smallest absolute Gasteiger partial charge is 0.407 e. The van der Waals surface area contributed by atoms with Crippen LogP contribution in [-0.2, 0) is 23.8 Å². The van der Waals surface area contributed by atoms with Crippen molar-refractivity contribution in [2.45, 2.75) is 135 Å². The number of carbonyl (C=O) groups is 4. The minimum absolute atomic E-state index is 0.0335. The second-order valence-electron chi connectivity index (χ2n) is 20.9. The molecule has 5 aliphatic rings. The highest BCUT2D eigenvalue weighted by atomic mass is 32.1. The molecule has 0 spiro atoms. The van der Waals surface area contributed by atoms with Crippen molar-refractivity contribution in [2.75, 3.05) is 27.3 Å². The van der Waals surface area contributed by atoms with Gasteiger partial charge in [0, 0.05) is 47.3 Å². The molecule has 0 bridgehead atoms. The number of thiazole rings is 1. The number of benzene rings is 2. The molecule has 8 heterocycles. The average molecular weight is 1010 g/mol. The van der Waals surface area contributed by atoms with E-state index in [4.69, 9.17) is 33.9 Å². The summed E-state index contributed by atoms with van der Waals surface area (Å²) in [7, 11) is 2.61. The molecule has 4 fully saturated rings. The number of aromatic nitrogens is 6. The molecule has 3 saturated heterocycles. The third kappa shape index (κ3) is 9.23. The topological polar surface area (TPSA) is 211 Å². The minimum Gasteiger partial charge on any atom is -0.464 e. The Bertz CT molecular complexity index is 3070. The third-order valence-electron chi connectivity index (χ3n) is 15.4. The highest BCUT2D eigenvalue weighted by molar-refractivity contribution is 7.11. The SMILES string of the molecule is COC(=O)NC(C(=O)N1CCC[C@H]1c1ncc(-c2ccc3c(c2)cc2n3C(c3cnc(C4CC4)s3)Oc3cc(-c4cnc([C@@H]5CCCN5C(=O)[C@@H](NC(=O)OC)C(C)C)[nH]4)cc(C)c3-2)[nH]1)C1C[C@@H](C)O[C@@H](C)C1. The van der Waals surface area contributed by atoms with Crippen LogP contribution in [0.15, 0.2) is 55.0 Å². The van der Waals surface area contributed by atoms with Crippen LogP contribution >= 0.6 is 11.3 Å². The van der Waals surface area contributed by atoms with E-state index in [1.165, 1.54) is 14.2 Å². The van der Waals surface area contributed by atoms with E-state index in [9.17, 15) is 19.2 Å². The predicted molar refractivity (Wildman–Crippen MR) is 274 cm³/mol. The van der Waals surface area contributed by atoms with Gasteiger partial charge in [0.15, 0.2) is 0 Å². The van der Waals surface area contributed by atoms with Crippen LogP contribution in [0.2, 0.25) is 0 Å². The van der Waals surface area contributed by atoms with E-state index < -0.39 is 30.5 Å². The van der Waals surface area contributed by atoms with Crippen LogP contribution in [0, 0.1) is 18.8 Å². The number of ether oxygens (including phenoxy) is 4. The van der Waals surface area contributed by atoms with Crippen LogP contribution in [0.3, 0.4) is 0 Å². The zero-order chi connectivity index (χ0) is 50.8. The van der Waals surface area contributed by atoms with Crippen molar-refractivity contribution in [1.29, 1.82) is 0 Å². The number of rotatable bonds is 12. The van der Waals surface area contributed by atoms with Crippen molar-refractivity contribution in [3.05, 3.63) is 82.1 Å². The Labute approximate surface area is 427 Å². The van der Waals surface area contributed by atoms with Crippen molar-refractivity contribution in [2.24, 2.45) is 11.8 Å². The average Bonchev–Trinajstić information content (AvgIpc) is 4.10. The van der Waals surface area contributed by atoms with Gasteiger partial charge in [0.05, 0.1) is 83.4 Å². The fourth-order valence-corrected chi connectivity index (χ4v) is 12.9. The molecule has 4 aliphatic heterocycles. The van der Waals surface area contributed by atoms with E-state index in [1.54, 1.807) is 11.3 Å². The van der Waals surface area contributed by atoms with Gasteiger partial charge in [-0.2, -0.15) is 0 Å². The zero-order valence-corrected chi connectivity index (χ0v) is 43.2. The molecule has 73 heavy (non-hydrogen) atoms. The van der Waals surface area contributed by atoms with Gasteiger partial charge in [-0.25, -0.2) is 24.5 Å². The monoisotopic (exact) mass is 1010 g/mol. The van der Waals surface area contributed by atoms with Gasteiger partial charge in [0.2, 0.25) is 18.0 Å². The lowest BCUT2D eigenvalue weighted by molar-refractivity contribution is -0.138. The number of methoxy groups -OCH3 is 2. The fraction of sp³-hybridized carbons (Fsp3) is 0.500. The molecule has 384 valence electrons. The molecule has 1 saturated carbocycles. The summed E-state index contributed by atoms with van der Waals surface area (Å²) in [5, 5.41) is 7.79. The number of hydrogen-bond acceptors (Lipinski definition) is 12. The van der Waals surface area contributed by atoms with Crippen molar-refractivity contribution < 1.29 is 38.1 Å². The molecule has 11 rings (SSSR count). The van der Waals surface area contributed by atoms with Crippen molar-refractivity contribution >= 4 is 46.2 Å². The standard InChI is InChI=1S/C54H64N10O8S/c1-27(2)45(60-53(67)69-6)50(65)62-16-8-10-39(62)48-56-25-37(59-48)33-18-28(3)44-41-22-34-21-32(14-15-38(34)64(41)52(72-42(44)23-33)43-26-57-49(73-43)31-12-13-31)36-24-55-47(58-36)40-11-9-17-63(40)51(66)46(61-54(68)70-7)35-19-29(4)71-30(5)20-35/h14-15,18,21-27,29-31,35,39-40,45-46,52H,8-13,16-17,19-20H2,1-7H3,(H,55,58)(H,56,59)(H,60,67)(H,61,68)/t29-,30+,35?,39-,40-,45-,46?,52?/m0/s1. The summed E-state index contributed by atoms with van der Waals surface area (Å²) in [6, 6.07) is 10.9. The number of H-pyrrole nitrogens is 2. The Morgan fingerprint density at radius 3 is 2.07 bits per heavy atom. The van der Waals surface area contributed by atoms with E-state index in [2.05, 4.69) is 68.5 Å². The summed E-state index contributed by atoms with van der Waals surface area (Å²) in [6.45, 7) is 11.1. The first-order chi connectivity index (χ1) is 35.3. The molecule has 19 heteroatoms. The van der Waals surface area contributed by atoms with E-state index in [-0.39, 0.29) is 47.9 Å². The summed E-state index contributed by atoms with van der Waals surface area (Å²) in [5.74, 6) is 2.12. The molecule has 1 aliphatic carbocycles. The van der Waals surface area contributed by atoms with Gasteiger partial charge in [-0.15, -0.1) is 11.3 Å². The number of aromatic amines is 2. The highest BCUT2D eigenvalue weighted by Crippen LogP contribution is 2.50. The van der Waals surface area contributed by atoms with Gasteiger partial charge >= 0.3 is 12.2 Å². The van der Waals surface area contributed by atoms with Crippen molar-refractivity contribution in [3.63, 3.8) is 0 Å². The maximum absolute atomic E-state index is 14.5. The number of nitrogens with zero attached hydrogens (tertiary/aromatic N) is 6. The van der Waals surface area contributed by atoms with Crippen LogP contribution in [0.5, 0.6) is 5.75 Å². The van der Waals surface area contributed by atoms with E-state index >= 15 is 0 Å². The first-order valence-corrected chi connectivity index (χ1v) is 26.6. The summed E-state index contributed by atoms with van der Waals surface area (Å²) in [4.78, 5) is 79.6. The Balaban J connectivity index is 0.893. The lowest BCUT2D eigenvalue weighted by Gasteiger charge is -2.38. The quantitative estimate of drug-likeness (QED) is 0.0907. The number of nitrogens with one attached hydrogen (secondary N) is 4. The summed E-state index contributed by atoms with van der Waals surface area (Å²) in [5.41, 5.74) is 7.58. The highest BCUT2D eigenvalue weighted by Gasteiger charge is 2.43. The maximum atomic E-state index is 14.5. The zero-order valence-electron chi connectivity index (χ0n) is 42.4. The molecular weight excluding hydrogens is 949 g/mol. The normalized spacial score (nSPS) is 23.5. The molecule has 4 N–H and O–H groups in total. The molecule has 8 atom stereocenters. The van der Waals surface area contributed by atoms with E-state index in [1.807, 2.05) is 56.1 Å². The number of aryl methyl sites for hydroxylation is 1. The molecule has 3 unspecified atom stereocenters. The molecule has 0 radical (unpaired) electrons.